The topological polar surface area (TPSA) is 80.7 Å². The normalized spacial score (nSPS) is 11.5. The van der Waals surface area contributed by atoms with Gasteiger partial charge in [0.25, 0.3) is 0 Å². The molecular weight excluding hydrogens is 290 g/mol. The minimum Gasteiger partial charge on any atom is -0.455 e. The third kappa shape index (κ3) is 3.44. The van der Waals surface area contributed by atoms with Crippen LogP contribution in [-0.4, -0.2) is 16.0 Å². The van der Waals surface area contributed by atoms with Gasteiger partial charge in [-0.1, -0.05) is 23.7 Å². The molecule has 0 spiro atoms. The van der Waals surface area contributed by atoms with E-state index in [0.29, 0.717) is 22.1 Å². The molecule has 0 radical (unpaired) electrons. The van der Waals surface area contributed by atoms with Crippen molar-refractivity contribution in [3.63, 3.8) is 0 Å². The average molecular weight is 306 g/mol. The molecule has 1 aromatic heterocycles. The Labute approximate surface area is 128 Å². The quantitative estimate of drug-likeness (QED) is 0.392. The highest BCUT2D eigenvalue weighted by atomic mass is 35.5. The van der Waals surface area contributed by atoms with Crippen LogP contribution in [0.5, 0.6) is 11.5 Å². The number of hydrogen-bond donors (Lipinski definition) is 2. The van der Waals surface area contributed by atoms with E-state index in [1.165, 1.54) is 0 Å². The number of ether oxygens (including phenoxy) is 1. The second kappa shape index (κ2) is 6.45. The first kappa shape index (κ1) is 15.1. The molecule has 0 aliphatic heterocycles. The van der Waals surface area contributed by atoms with Crippen LogP contribution in [0.1, 0.15) is 23.9 Å². The SMILES string of the molecule is CCc1nc(C)ccc1Oc1cc(Cl)ccc1/C(N)=N/O. The molecule has 0 aliphatic rings. The van der Waals surface area contributed by atoms with Crippen LogP contribution >= 0.6 is 11.6 Å². The third-order valence-electron chi connectivity index (χ3n) is 2.95. The number of aryl methyl sites for hydroxylation is 2. The van der Waals surface area contributed by atoms with Gasteiger partial charge in [0, 0.05) is 16.8 Å². The Morgan fingerprint density at radius 2 is 2.10 bits per heavy atom. The van der Waals surface area contributed by atoms with Crippen molar-refractivity contribution in [3.8, 4) is 11.5 Å². The van der Waals surface area contributed by atoms with Crippen molar-refractivity contribution in [2.45, 2.75) is 20.3 Å². The van der Waals surface area contributed by atoms with E-state index < -0.39 is 0 Å². The highest BCUT2D eigenvalue weighted by Crippen LogP contribution is 2.30. The highest BCUT2D eigenvalue weighted by molar-refractivity contribution is 6.30. The van der Waals surface area contributed by atoms with Crippen LogP contribution in [0.3, 0.4) is 0 Å². The first-order valence-electron chi connectivity index (χ1n) is 6.47. The number of benzene rings is 1. The van der Waals surface area contributed by atoms with E-state index in [4.69, 9.17) is 27.3 Å². The lowest BCUT2D eigenvalue weighted by atomic mass is 10.2. The number of nitrogens with two attached hydrogens (primary N) is 1. The van der Waals surface area contributed by atoms with Gasteiger partial charge < -0.3 is 15.7 Å². The zero-order valence-corrected chi connectivity index (χ0v) is 12.6. The van der Waals surface area contributed by atoms with Gasteiger partial charge in [-0.3, -0.25) is 4.98 Å². The van der Waals surface area contributed by atoms with E-state index in [1.54, 1.807) is 18.2 Å². The molecule has 5 nitrogen and oxygen atoms in total. The maximum Gasteiger partial charge on any atom is 0.173 e. The molecule has 1 aromatic carbocycles. The van der Waals surface area contributed by atoms with Gasteiger partial charge in [0.2, 0.25) is 0 Å². The Balaban J connectivity index is 2.46. The van der Waals surface area contributed by atoms with Crippen LogP contribution in [0, 0.1) is 6.92 Å². The Hall–Kier alpha value is -2.27. The van der Waals surface area contributed by atoms with Crippen LogP contribution < -0.4 is 10.5 Å². The molecule has 6 heteroatoms. The first-order valence-corrected chi connectivity index (χ1v) is 6.84. The minimum absolute atomic E-state index is 0.0419. The summed E-state index contributed by atoms with van der Waals surface area (Å²) >= 11 is 5.99. The highest BCUT2D eigenvalue weighted by Gasteiger charge is 2.12. The number of oxime groups is 1. The largest absolute Gasteiger partial charge is 0.455 e. The molecule has 0 bridgehead atoms. The van der Waals surface area contributed by atoms with Gasteiger partial charge in [0.1, 0.15) is 11.5 Å². The van der Waals surface area contributed by atoms with Gasteiger partial charge in [-0.15, -0.1) is 0 Å². The lowest BCUT2D eigenvalue weighted by Gasteiger charge is -2.13. The summed E-state index contributed by atoms with van der Waals surface area (Å²) in [6.45, 7) is 3.92. The molecule has 0 fully saturated rings. The number of halogens is 1. The van der Waals surface area contributed by atoms with Gasteiger partial charge in [-0.05, 0) is 37.6 Å². The van der Waals surface area contributed by atoms with Crippen LogP contribution in [0.15, 0.2) is 35.5 Å². The molecule has 2 aromatic rings. The lowest BCUT2D eigenvalue weighted by molar-refractivity contribution is 0.318. The summed E-state index contributed by atoms with van der Waals surface area (Å²) in [7, 11) is 0. The number of amidine groups is 1. The Morgan fingerprint density at radius 1 is 1.33 bits per heavy atom. The van der Waals surface area contributed by atoms with Crippen LogP contribution in [0.2, 0.25) is 5.02 Å². The van der Waals surface area contributed by atoms with E-state index in [9.17, 15) is 0 Å². The molecule has 0 amide bonds. The van der Waals surface area contributed by atoms with Crippen molar-refractivity contribution in [3.05, 3.63) is 52.3 Å². The summed E-state index contributed by atoms with van der Waals surface area (Å²) < 4.78 is 5.87. The van der Waals surface area contributed by atoms with E-state index >= 15 is 0 Å². The first-order chi connectivity index (χ1) is 10.0. The molecule has 2 rings (SSSR count). The molecule has 21 heavy (non-hydrogen) atoms. The third-order valence-corrected chi connectivity index (χ3v) is 3.19. The predicted molar refractivity (Wildman–Crippen MR) is 82.4 cm³/mol. The van der Waals surface area contributed by atoms with Crippen molar-refractivity contribution in [1.29, 1.82) is 0 Å². The molecule has 3 N–H and O–H groups in total. The average Bonchev–Trinajstić information content (AvgIpc) is 2.48. The van der Waals surface area contributed by atoms with Crippen molar-refractivity contribution in [2.24, 2.45) is 10.9 Å². The van der Waals surface area contributed by atoms with Crippen molar-refractivity contribution >= 4 is 17.4 Å². The summed E-state index contributed by atoms with van der Waals surface area (Å²) in [4.78, 5) is 4.44. The molecule has 1 heterocycles. The van der Waals surface area contributed by atoms with E-state index in [-0.39, 0.29) is 5.84 Å². The summed E-state index contributed by atoms with van der Waals surface area (Å²) in [5.41, 5.74) is 7.87. The van der Waals surface area contributed by atoms with Crippen LogP contribution in [0.25, 0.3) is 0 Å². The van der Waals surface area contributed by atoms with Crippen LogP contribution in [0.4, 0.5) is 0 Å². The Kier molecular flexibility index (Phi) is 4.65. The second-order valence-corrected chi connectivity index (χ2v) is 4.92. The second-order valence-electron chi connectivity index (χ2n) is 4.48. The van der Waals surface area contributed by atoms with E-state index in [0.717, 1.165) is 17.8 Å². The minimum atomic E-state index is -0.0419. The van der Waals surface area contributed by atoms with Crippen LogP contribution in [-0.2, 0) is 6.42 Å². The van der Waals surface area contributed by atoms with Gasteiger partial charge >= 0.3 is 0 Å². The number of hydrogen-bond acceptors (Lipinski definition) is 4. The van der Waals surface area contributed by atoms with Gasteiger partial charge in [-0.2, -0.15) is 0 Å². The zero-order chi connectivity index (χ0) is 15.4. The molecule has 0 saturated heterocycles. The number of pyridine rings is 1. The van der Waals surface area contributed by atoms with Crippen molar-refractivity contribution < 1.29 is 9.94 Å². The number of nitrogens with zero attached hydrogens (tertiary/aromatic N) is 2. The molecule has 0 atom stereocenters. The maximum absolute atomic E-state index is 8.85. The fourth-order valence-corrected chi connectivity index (χ4v) is 2.07. The number of rotatable bonds is 4. The van der Waals surface area contributed by atoms with E-state index in [2.05, 4.69) is 10.1 Å². The summed E-state index contributed by atoms with van der Waals surface area (Å²) in [5, 5.41) is 12.3. The lowest BCUT2D eigenvalue weighted by Crippen LogP contribution is -2.14. The summed E-state index contributed by atoms with van der Waals surface area (Å²) in [6, 6.07) is 8.62. The molecule has 0 unspecified atom stereocenters. The Bertz CT molecular complexity index is 687. The molecule has 110 valence electrons. The van der Waals surface area contributed by atoms with Gasteiger partial charge in [0.05, 0.1) is 11.3 Å². The molecule has 0 aliphatic carbocycles. The zero-order valence-electron chi connectivity index (χ0n) is 11.8. The summed E-state index contributed by atoms with van der Waals surface area (Å²) in [5.74, 6) is 0.996. The fraction of sp³-hybridized carbons (Fsp3) is 0.200. The van der Waals surface area contributed by atoms with E-state index in [1.807, 2.05) is 26.0 Å². The monoisotopic (exact) mass is 305 g/mol. The predicted octanol–water partition coefficient (Wildman–Crippen LogP) is 3.49. The number of aromatic nitrogens is 1. The van der Waals surface area contributed by atoms with Gasteiger partial charge in [-0.25, -0.2) is 0 Å². The molecule has 0 saturated carbocycles. The maximum atomic E-state index is 8.85. The fourth-order valence-electron chi connectivity index (χ4n) is 1.91. The van der Waals surface area contributed by atoms with Gasteiger partial charge in [0.15, 0.2) is 5.84 Å². The Morgan fingerprint density at radius 3 is 2.76 bits per heavy atom. The molecular formula is C15H16ClN3O2. The smallest absolute Gasteiger partial charge is 0.173 e. The standard InChI is InChI=1S/C15H16ClN3O2/c1-3-12-13(7-4-9(2)18-12)21-14-8-10(16)5-6-11(14)15(17)19-20/h4-8,20H,3H2,1-2H3,(H2,17,19). The van der Waals surface area contributed by atoms with Crippen molar-refractivity contribution in [2.75, 3.05) is 0 Å². The van der Waals surface area contributed by atoms with Crippen molar-refractivity contribution in [1.82, 2.24) is 4.98 Å². The summed E-state index contributed by atoms with van der Waals surface area (Å²) in [6.07, 6.45) is 0.733.